The molecule has 0 aliphatic heterocycles. The highest BCUT2D eigenvalue weighted by molar-refractivity contribution is 5.88. The summed E-state index contributed by atoms with van der Waals surface area (Å²) in [6, 6.07) is 35.9. The number of carbonyl (C=O) groups excluding carboxylic acids is 1. The molecule has 65 heavy (non-hydrogen) atoms. The summed E-state index contributed by atoms with van der Waals surface area (Å²) in [5.74, 6) is 3.71. The van der Waals surface area contributed by atoms with Gasteiger partial charge in [0.25, 0.3) is 0 Å². The van der Waals surface area contributed by atoms with Crippen molar-refractivity contribution in [2.75, 3.05) is 28.6 Å². The third-order valence-corrected chi connectivity index (χ3v) is 11.4. The van der Waals surface area contributed by atoms with Crippen LogP contribution in [0, 0.1) is 0 Å². The SMILES string of the molecule is CC(C)(C)c1cccc(NOC2CCc3ccc(Oc4ccnc(N)c4)cc3C2)c1.CCNC(=O)Nc1cc(Oc2ccc3c(c2)CC(ONc2cccc(C(C)(C)C)c2)CC3)ccn1. The van der Waals surface area contributed by atoms with Crippen LogP contribution >= 0.6 is 0 Å². The highest BCUT2D eigenvalue weighted by Gasteiger charge is 2.23. The van der Waals surface area contributed by atoms with Gasteiger partial charge in [0.15, 0.2) is 0 Å². The lowest BCUT2D eigenvalue weighted by Gasteiger charge is -2.26. The number of hydrogen-bond donors (Lipinski definition) is 5. The summed E-state index contributed by atoms with van der Waals surface area (Å²) < 4.78 is 12.0. The number of rotatable bonds is 12. The van der Waals surface area contributed by atoms with Crippen molar-refractivity contribution >= 4 is 29.0 Å². The van der Waals surface area contributed by atoms with E-state index in [1.54, 1.807) is 36.7 Å². The minimum absolute atomic E-state index is 0.0739. The van der Waals surface area contributed by atoms with Crippen LogP contribution in [0.15, 0.2) is 122 Å². The number of aryl methyl sites for hydroxylation is 2. The van der Waals surface area contributed by atoms with E-state index in [-0.39, 0.29) is 29.1 Å². The number of nitrogens with zero attached hydrogens (tertiary/aromatic N) is 2. The lowest BCUT2D eigenvalue weighted by atomic mass is 9.87. The third kappa shape index (κ3) is 13.4. The number of nitrogens with one attached hydrogen (secondary N) is 4. The number of pyridine rings is 2. The monoisotopic (exact) mass is 877 g/mol. The first-order chi connectivity index (χ1) is 31.2. The zero-order valence-electron chi connectivity index (χ0n) is 38.7. The number of ether oxygens (including phenoxy) is 2. The van der Waals surface area contributed by atoms with Gasteiger partial charge in [0, 0.05) is 43.9 Å². The van der Waals surface area contributed by atoms with Gasteiger partial charge in [-0.3, -0.25) is 26.0 Å². The average molecular weight is 878 g/mol. The fourth-order valence-corrected chi connectivity index (χ4v) is 7.76. The van der Waals surface area contributed by atoms with Crippen LogP contribution < -0.4 is 36.8 Å². The highest BCUT2D eigenvalue weighted by Crippen LogP contribution is 2.33. The molecule has 0 saturated heterocycles. The Bertz CT molecular complexity index is 2550. The Morgan fingerprint density at radius 2 is 1.11 bits per heavy atom. The summed E-state index contributed by atoms with van der Waals surface area (Å²) in [7, 11) is 0. The second-order valence-electron chi connectivity index (χ2n) is 18.7. The zero-order chi connectivity index (χ0) is 46.0. The molecule has 0 bridgehead atoms. The molecule has 4 aromatic carbocycles. The average Bonchev–Trinajstić information content (AvgIpc) is 3.27. The van der Waals surface area contributed by atoms with Gasteiger partial charge >= 0.3 is 6.03 Å². The fourth-order valence-electron chi connectivity index (χ4n) is 7.76. The molecule has 2 amide bonds. The first-order valence-corrected chi connectivity index (χ1v) is 22.5. The van der Waals surface area contributed by atoms with Crippen molar-refractivity contribution in [2.45, 2.75) is 110 Å². The number of carbonyl (C=O) groups is 1. The van der Waals surface area contributed by atoms with Crippen LogP contribution in [0.2, 0.25) is 0 Å². The summed E-state index contributed by atoms with van der Waals surface area (Å²) in [6.45, 7) is 15.7. The topological polar surface area (TPSA) is 154 Å². The van der Waals surface area contributed by atoms with Crippen LogP contribution in [-0.4, -0.2) is 34.8 Å². The molecule has 2 heterocycles. The molecule has 6 N–H and O–H groups in total. The van der Waals surface area contributed by atoms with Crippen molar-refractivity contribution in [3.63, 3.8) is 0 Å². The Morgan fingerprint density at radius 1 is 0.615 bits per heavy atom. The van der Waals surface area contributed by atoms with Crippen LogP contribution in [-0.2, 0) is 46.2 Å². The summed E-state index contributed by atoms with van der Waals surface area (Å²) in [5.41, 5.74) is 21.9. The van der Waals surface area contributed by atoms with Crippen LogP contribution in [0.5, 0.6) is 23.0 Å². The molecule has 2 aliphatic rings. The maximum absolute atomic E-state index is 11.8. The number of nitrogen functional groups attached to an aromatic ring is 1. The van der Waals surface area contributed by atoms with Gasteiger partial charge in [0.2, 0.25) is 0 Å². The summed E-state index contributed by atoms with van der Waals surface area (Å²) in [6.07, 6.45) is 8.99. The molecule has 12 heteroatoms. The Hall–Kier alpha value is -6.63. The molecule has 340 valence electrons. The molecule has 0 saturated carbocycles. The molecule has 0 fully saturated rings. The zero-order valence-corrected chi connectivity index (χ0v) is 38.7. The van der Waals surface area contributed by atoms with Crippen LogP contribution in [0.1, 0.15) is 94.7 Å². The number of amides is 2. The number of nitrogens with two attached hydrogens (primary N) is 1. The van der Waals surface area contributed by atoms with E-state index in [4.69, 9.17) is 24.9 Å². The fraction of sp³-hybridized carbons (Fsp3) is 0.340. The van der Waals surface area contributed by atoms with Crippen molar-refractivity contribution in [2.24, 2.45) is 0 Å². The second kappa shape index (κ2) is 20.9. The molecule has 8 rings (SSSR count). The number of urea groups is 1. The first kappa shape index (κ1) is 46.4. The maximum Gasteiger partial charge on any atom is 0.320 e. The Kier molecular flexibility index (Phi) is 14.9. The molecule has 2 aliphatic carbocycles. The number of fused-ring (bicyclic) bond motifs is 2. The van der Waals surface area contributed by atoms with Crippen molar-refractivity contribution in [1.82, 2.24) is 15.3 Å². The summed E-state index contributed by atoms with van der Waals surface area (Å²) in [5, 5.41) is 5.38. The van der Waals surface area contributed by atoms with E-state index in [1.807, 2.05) is 31.2 Å². The van der Waals surface area contributed by atoms with E-state index >= 15 is 0 Å². The van der Waals surface area contributed by atoms with Crippen molar-refractivity contribution < 1.29 is 23.9 Å². The van der Waals surface area contributed by atoms with E-state index in [2.05, 4.69) is 134 Å². The van der Waals surface area contributed by atoms with Gasteiger partial charge in [0.1, 0.15) is 34.6 Å². The van der Waals surface area contributed by atoms with E-state index in [0.29, 0.717) is 29.7 Å². The van der Waals surface area contributed by atoms with Gasteiger partial charge in [-0.1, -0.05) is 77.9 Å². The molecular weight excluding hydrogens is 815 g/mol. The van der Waals surface area contributed by atoms with E-state index < -0.39 is 0 Å². The van der Waals surface area contributed by atoms with Crippen molar-refractivity contribution in [3.8, 4) is 23.0 Å². The Labute approximate surface area is 383 Å². The lowest BCUT2D eigenvalue weighted by molar-refractivity contribution is 0.0881. The van der Waals surface area contributed by atoms with E-state index in [9.17, 15) is 4.79 Å². The van der Waals surface area contributed by atoms with Crippen LogP contribution in [0.25, 0.3) is 0 Å². The molecule has 12 nitrogen and oxygen atoms in total. The van der Waals surface area contributed by atoms with Crippen LogP contribution in [0.3, 0.4) is 0 Å². The number of anilines is 4. The van der Waals surface area contributed by atoms with Crippen molar-refractivity contribution in [1.29, 1.82) is 0 Å². The van der Waals surface area contributed by atoms with Gasteiger partial charge < -0.3 is 20.5 Å². The van der Waals surface area contributed by atoms with Gasteiger partial charge in [-0.05, 0) is 137 Å². The quantitative estimate of drug-likeness (QED) is 0.0751. The molecule has 2 unspecified atom stereocenters. The minimum atomic E-state index is -0.296. The minimum Gasteiger partial charge on any atom is -0.457 e. The molecule has 0 radical (unpaired) electrons. The van der Waals surface area contributed by atoms with Gasteiger partial charge in [-0.25, -0.2) is 14.8 Å². The molecule has 0 spiro atoms. The Morgan fingerprint density at radius 3 is 1.60 bits per heavy atom. The maximum atomic E-state index is 11.8. The van der Waals surface area contributed by atoms with Crippen LogP contribution in [0.4, 0.5) is 27.8 Å². The lowest BCUT2D eigenvalue weighted by Crippen LogP contribution is -2.28. The predicted octanol–water partition coefficient (Wildman–Crippen LogP) is 11.9. The van der Waals surface area contributed by atoms with E-state index in [1.165, 1.54) is 33.4 Å². The van der Waals surface area contributed by atoms with Gasteiger partial charge in [-0.15, -0.1) is 0 Å². The number of hydrogen-bond acceptors (Lipinski definition) is 10. The highest BCUT2D eigenvalue weighted by atomic mass is 16.7. The molecule has 6 aromatic rings. The Balaban J connectivity index is 0.000000196. The number of benzene rings is 4. The van der Waals surface area contributed by atoms with Gasteiger partial charge in [0.05, 0.1) is 23.6 Å². The normalized spacial score (nSPS) is 15.6. The third-order valence-electron chi connectivity index (χ3n) is 11.4. The van der Waals surface area contributed by atoms with E-state index in [0.717, 1.165) is 61.4 Å². The van der Waals surface area contributed by atoms with Crippen molar-refractivity contribution in [3.05, 3.63) is 155 Å². The first-order valence-electron chi connectivity index (χ1n) is 22.5. The predicted molar refractivity (Wildman–Crippen MR) is 260 cm³/mol. The standard InChI is InChI=1S/C28H34N4O3.C25H29N3O2/c1-5-29-27(33)31-26-18-24(13-14-30-26)34-23-11-9-19-10-12-25(16-20(19)15-23)35-32-22-8-6-7-21(17-22)28(2,3)4;1-25(2,3)19-5-4-6-20(15-19)28-30-23-10-8-17-7-9-21(13-18(17)14-23)29-22-11-12-27-24(26)16-22/h6-9,11,13-15,17-18,25,32H,5,10,12,16H2,1-4H3,(H2,29,30,31,33);4-7,9,11-13,15-16,23,28H,8,10,14H2,1-3H3,(H2,26,27). The largest absolute Gasteiger partial charge is 0.457 e. The smallest absolute Gasteiger partial charge is 0.320 e. The molecule has 2 aromatic heterocycles. The van der Waals surface area contributed by atoms with Gasteiger partial charge in [-0.2, -0.15) is 0 Å². The molecule has 2 atom stereocenters. The second-order valence-corrected chi connectivity index (χ2v) is 18.7. The summed E-state index contributed by atoms with van der Waals surface area (Å²) in [4.78, 5) is 32.1. The molecular formula is C53H63N7O5. The summed E-state index contributed by atoms with van der Waals surface area (Å²) >= 11 is 0. The number of aromatic nitrogens is 2.